The number of ether oxygens (including phenoxy) is 1. The Bertz CT molecular complexity index is 691. The normalized spacial score (nSPS) is 23.2. The number of methoxy groups -OCH3 is 1. The Hall–Kier alpha value is -2.01. The lowest BCUT2D eigenvalue weighted by atomic mass is 10.1. The van der Waals surface area contributed by atoms with Crippen LogP contribution in [-0.4, -0.2) is 44.1 Å². The second-order valence-corrected chi connectivity index (χ2v) is 7.41. The van der Waals surface area contributed by atoms with Crippen molar-refractivity contribution in [3.05, 3.63) is 47.3 Å². The lowest BCUT2D eigenvalue weighted by Gasteiger charge is -2.35. The molecule has 126 valence electrons. The van der Waals surface area contributed by atoms with Crippen LogP contribution in [0.15, 0.2) is 41.8 Å². The molecule has 2 heterocycles. The highest BCUT2D eigenvalue weighted by Gasteiger charge is 2.46. The van der Waals surface area contributed by atoms with E-state index in [1.54, 1.807) is 18.4 Å². The number of piperazine rings is 1. The monoisotopic (exact) mass is 342 g/mol. The summed E-state index contributed by atoms with van der Waals surface area (Å²) >= 11 is 1.77. The van der Waals surface area contributed by atoms with Gasteiger partial charge in [-0.05, 0) is 47.5 Å². The van der Waals surface area contributed by atoms with E-state index >= 15 is 0 Å². The lowest BCUT2D eigenvalue weighted by molar-refractivity contribution is -0.132. The van der Waals surface area contributed by atoms with Gasteiger partial charge in [0.05, 0.1) is 12.1 Å². The van der Waals surface area contributed by atoms with Gasteiger partial charge in [0, 0.05) is 32.1 Å². The van der Waals surface area contributed by atoms with E-state index in [9.17, 15) is 4.79 Å². The van der Waals surface area contributed by atoms with E-state index in [1.165, 1.54) is 10.6 Å². The van der Waals surface area contributed by atoms with Gasteiger partial charge in [0.15, 0.2) is 0 Å². The summed E-state index contributed by atoms with van der Waals surface area (Å²) < 4.78 is 5.20. The van der Waals surface area contributed by atoms with E-state index in [0.29, 0.717) is 11.8 Å². The first-order chi connectivity index (χ1) is 11.8. The molecule has 2 aromatic rings. The summed E-state index contributed by atoms with van der Waals surface area (Å²) in [5.74, 6) is 1.76. The van der Waals surface area contributed by atoms with E-state index in [2.05, 4.69) is 39.4 Å². The third kappa shape index (κ3) is 3.00. The predicted molar refractivity (Wildman–Crippen MR) is 97.0 cm³/mol. The fourth-order valence-electron chi connectivity index (χ4n) is 3.52. The molecule has 0 unspecified atom stereocenters. The number of benzene rings is 1. The third-order valence-electron chi connectivity index (χ3n) is 5.06. The average Bonchev–Trinajstić information content (AvgIpc) is 3.25. The van der Waals surface area contributed by atoms with Gasteiger partial charge in [0.25, 0.3) is 0 Å². The van der Waals surface area contributed by atoms with Crippen molar-refractivity contribution < 1.29 is 9.53 Å². The number of anilines is 1. The fraction of sp³-hybridized carbons (Fsp3) is 0.421. The summed E-state index contributed by atoms with van der Waals surface area (Å²) in [6.45, 7) is 3.55. The van der Waals surface area contributed by atoms with Crippen molar-refractivity contribution in [2.45, 2.75) is 12.3 Å². The first-order valence-corrected chi connectivity index (χ1v) is 9.35. The van der Waals surface area contributed by atoms with Gasteiger partial charge in [-0.25, -0.2) is 0 Å². The van der Waals surface area contributed by atoms with E-state index < -0.39 is 0 Å². The van der Waals surface area contributed by atoms with Crippen LogP contribution >= 0.6 is 11.3 Å². The fourth-order valence-corrected chi connectivity index (χ4v) is 4.30. The number of hydrogen-bond donors (Lipinski definition) is 0. The molecule has 2 aliphatic rings. The van der Waals surface area contributed by atoms with Crippen LogP contribution in [0.3, 0.4) is 0 Å². The lowest BCUT2D eigenvalue weighted by Crippen LogP contribution is -2.49. The van der Waals surface area contributed by atoms with Crippen molar-refractivity contribution in [2.24, 2.45) is 5.92 Å². The summed E-state index contributed by atoms with van der Waals surface area (Å²) in [7, 11) is 1.67. The molecule has 5 heteroatoms. The molecule has 1 aliphatic heterocycles. The van der Waals surface area contributed by atoms with Gasteiger partial charge in [-0.3, -0.25) is 4.79 Å². The highest BCUT2D eigenvalue weighted by atomic mass is 32.1. The average molecular weight is 342 g/mol. The number of hydrogen-bond acceptors (Lipinski definition) is 4. The zero-order valence-electron chi connectivity index (χ0n) is 13.9. The molecule has 0 N–H and O–H groups in total. The standard InChI is InChI=1S/C19H22N2O2S/c1-23-15-6-4-14(5-7-15)16-13-17(16)19(22)21-10-8-20(9-11-21)18-3-2-12-24-18/h2-7,12,16-17H,8-11,13H2,1H3/t16-,17+/m0/s1. The zero-order chi connectivity index (χ0) is 16.5. The Labute approximate surface area is 146 Å². The van der Waals surface area contributed by atoms with Crippen molar-refractivity contribution in [3.63, 3.8) is 0 Å². The quantitative estimate of drug-likeness (QED) is 0.855. The molecule has 0 spiro atoms. The van der Waals surface area contributed by atoms with Crippen molar-refractivity contribution in [1.82, 2.24) is 4.90 Å². The van der Waals surface area contributed by atoms with Crippen molar-refractivity contribution in [1.29, 1.82) is 0 Å². The molecule has 24 heavy (non-hydrogen) atoms. The minimum atomic E-state index is 0.173. The van der Waals surface area contributed by atoms with Gasteiger partial charge in [-0.1, -0.05) is 12.1 Å². The molecule has 1 aromatic carbocycles. The van der Waals surface area contributed by atoms with Gasteiger partial charge >= 0.3 is 0 Å². The maximum absolute atomic E-state index is 12.7. The van der Waals surface area contributed by atoms with Crippen LogP contribution in [-0.2, 0) is 4.79 Å². The Morgan fingerprint density at radius 3 is 2.50 bits per heavy atom. The van der Waals surface area contributed by atoms with Crippen molar-refractivity contribution in [2.75, 3.05) is 38.2 Å². The van der Waals surface area contributed by atoms with Crippen LogP contribution in [0, 0.1) is 5.92 Å². The summed E-state index contributed by atoms with van der Waals surface area (Å²) in [6.07, 6.45) is 0.982. The van der Waals surface area contributed by atoms with E-state index in [4.69, 9.17) is 4.74 Å². The highest BCUT2D eigenvalue weighted by Crippen LogP contribution is 2.48. The van der Waals surface area contributed by atoms with Crippen molar-refractivity contribution >= 4 is 22.2 Å². The molecule has 2 fully saturated rings. The largest absolute Gasteiger partial charge is 0.497 e. The molecule has 2 atom stereocenters. The number of carbonyl (C=O) groups is 1. The summed E-state index contributed by atoms with van der Waals surface area (Å²) in [6, 6.07) is 12.4. The van der Waals surface area contributed by atoms with Gasteiger partial charge in [0.1, 0.15) is 5.75 Å². The summed E-state index contributed by atoms with van der Waals surface area (Å²) in [5.41, 5.74) is 1.26. The molecule has 1 aliphatic carbocycles. The van der Waals surface area contributed by atoms with Crippen LogP contribution in [0.5, 0.6) is 5.75 Å². The molecule has 0 bridgehead atoms. The van der Waals surface area contributed by atoms with Gasteiger partial charge in [0.2, 0.25) is 5.91 Å². The van der Waals surface area contributed by atoms with E-state index in [0.717, 1.165) is 38.3 Å². The minimum absolute atomic E-state index is 0.173. The number of rotatable bonds is 4. The molecule has 0 radical (unpaired) electrons. The van der Waals surface area contributed by atoms with Gasteiger partial charge < -0.3 is 14.5 Å². The smallest absolute Gasteiger partial charge is 0.226 e. The Kier molecular flexibility index (Phi) is 4.19. The Balaban J connectivity index is 1.32. The Morgan fingerprint density at radius 1 is 1.12 bits per heavy atom. The van der Waals surface area contributed by atoms with Gasteiger partial charge in [-0.15, -0.1) is 11.3 Å². The summed E-state index contributed by atoms with van der Waals surface area (Å²) in [4.78, 5) is 17.2. The van der Waals surface area contributed by atoms with Crippen LogP contribution in [0.1, 0.15) is 17.9 Å². The molecule has 1 saturated heterocycles. The Morgan fingerprint density at radius 2 is 1.88 bits per heavy atom. The molecule has 4 rings (SSSR count). The number of thiophene rings is 1. The van der Waals surface area contributed by atoms with Crippen LogP contribution in [0.2, 0.25) is 0 Å². The third-order valence-corrected chi connectivity index (χ3v) is 5.99. The van der Waals surface area contributed by atoms with E-state index in [-0.39, 0.29) is 5.92 Å². The molecule has 1 aromatic heterocycles. The molecule has 1 amide bonds. The maximum atomic E-state index is 12.7. The van der Waals surface area contributed by atoms with Crippen molar-refractivity contribution in [3.8, 4) is 5.75 Å². The molecule has 1 saturated carbocycles. The number of amides is 1. The SMILES string of the molecule is COc1ccc([C@@H]2C[C@H]2C(=O)N2CCN(c3cccs3)CC2)cc1. The first kappa shape index (κ1) is 15.5. The van der Waals surface area contributed by atoms with E-state index in [1.807, 2.05) is 12.1 Å². The van der Waals surface area contributed by atoms with Crippen LogP contribution in [0.4, 0.5) is 5.00 Å². The second-order valence-electron chi connectivity index (χ2n) is 6.49. The number of nitrogens with zero attached hydrogens (tertiary/aromatic N) is 2. The molecular formula is C19H22N2O2S. The van der Waals surface area contributed by atoms with Crippen LogP contribution < -0.4 is 9.64 Å². The predicted octanol–water partition coefficient (Wildman–Crippen LogP) is 3.21. The number of carbonyl (C=O) groups excluding carboxylic acids is 1. The topological polar surface area (TPSA) is 32.8 Å². The zero-order valence-corrected chi connectivity index (χ0v) is 14.7. The first-order valence-electron chi connectivity index (χ1n) is 8.47. The molecule has 4 nitrogen and oxygen atoms in total. The van der Waals surface area contributed by atoms with Crippen LogP contribution in [0.25, 0.3) is 0 Å². The minimum Gasteiger partial charge on any atom is -0.497 e. The highest BCUT2D eigenvalue weighted by molar-refractivity contribution is 7.14. The molecular weight excluding hydrogens is 320 g/mol. The second kappa shape index (κ2) is 6.48. The maximum Gasteiger partial charge on any atom is 0.226 e. The summed E-state index contributed by atoms with van der Waals surface area (Å²) in [5, 5.41) is 3.42. The van der Waals surface area contributed by atoms with Gasteiger partial charge in [-0.2, -0.15) is 0 Å².